The van der Waals surface area contributed by atoms with Crippen LogP contribution in [-0.2, 0) is 6.42 Å². The van der Waals surface area contributed by atoms with Crippen molar-refractivity contribution in [3.05, 3.63) is 28.2 Å². The molecule has 0 unspecified atom stereocenters. The van der Waals surface area contributed by atoms with Crippen LogP contribution in [0.5, 0.6) is 5.75 Å². The van der Waals surface area contributed by atoms with E-state index in [0.717, 1.165) is 35.4 Å². The van der Waals surface area contributed by atoms with Gasteiger partial charge in [0.15, 0.2) is 0 Å². The van der Waals surface area contributed by atoms with Crippen LogP contribution in [0.25, 0.3) is 0 Å². The minimum atomic E-state index is 0.650. The summed E-state index contributed by atoms with van der Waals surface area (Å²) in [6.07, 6.45) is 4.05. The van der Waals surface area contributed by atoms with Gasteiger partial charge in [-0.05, 0) is 55.2 Å². The highest BCUT2D eigenvalue weighted by Crippen LogP contribution is 2.23. The van der Waals surface area contributed by atoms with E-state index in [1.165, 1.54) is 5.56 Å². The molecular weight excluding hydrogens is 286 g/mol. The minimum absolute atomic E-state index is 0.650. The number of benzene rings is 1. The summed E-state index contributed by atoms with van der Waals surface area (Å²) in [5.74, 6) is 2.11. The molecule has 0 aliphatic carbocycles. The summed E-state index contributed by atoms with van der Waals surface area (Å²) >= 11 is 5.31. The van der Waals surface area contributed by atoms with Crippen LogP contribution < -0.4 is 10.5 Å². The Labute approximate surface area is 110 Å². The van der Waals surface area contributed by atoms with Crippen LogP contribution >= 0.6 is 27.7 Å². The number of ether oxygens (including phenoxy) is 1. The van der Waals surface area contributed by atoms with Crippen molar-refractivity contribution < 1.29 is 4.74 Å². The van der Waals surface area contributed by atoms with E-state index in [0.29, 0.717) is 6.54 Å². The molecule has 1 aromatic rings. The highest BCUT2D eigenvalue weighted by atomic mass is 79.9. The maximum atomic E-state index is 5.76. The van der Waals surface area contributed by atoms with Crippen LogP contribution in [-0.4, -0.2) is 25.2 Å². The van der Waals surface area contributed by atoms with Gasteiger partial charge in [-0.25, -0.2) is 0 Å². The molecule has 16 heavy (non-hydrogen) atoms. The number of halogens is 1. The summed E-state index contributed by atoms with van der Waals surface area (Å²) in [5, 5.41) is 0. The lowest BCUT2D eigenvalue weighted by atomic mass is 10.1. The van der Waals surface area contributed by atoms with Crippen molar-refractivity contribution in [1.29, 1.82) is 0 Å². The van der Waals surface area contributed by atoms with E-state index in [4.69, 9.17) is 10.5 Å². The number of thioether (sulfide) groups is 1. The lowest BCUT2D eigenvalue weighted by Crippen LogP contribution is -2.06. The Bertz CT molecular complexity index is 320. The van der Waals surface area contributed by atoms with Crippen molar-refractivity contribution in [1.82, 2.24) is 0 Å². The molecular formula is C12H18BrNOS. The molecule has 0 saturated heterocycles. The van der Waals surface area contributed by atoms with E-state index < -0.39 is 0 Å². The van der Waals surface area contributed by atoms with Crippen molar-refractivity contribution >= 4 is 27.7 Å². The fourth-order valence-electron chi connectivity index (χ4n) is 1.43. The molecule has 0 atom stereocenters. The number of hydrogen-bond acceptors (Lipinski definition) is 3. The fraction of sp³-hybridized carbons (Fsp3) is 0.500. The standard InChI is InChI=1S/C12H18BrNOS/c1-16-8-2-7-15-12-4-3-11(13)9-10(12)5-6-14/h3-4,9H,2,5-8,14H2,1H3. The average Bonchev–Trinajstić information content (AvgIpc) is 2.27. The third kappa shape index (κ3) is 4.76. The van der Waals surface area contributed by atoms with E-state index in [1.807, 2.05) is 23.9 Å². The molecule has 4 heteroatoms. The Hall–Kier alpha value is -0.190. The van der Waals surface area contributed by atoms with Gasteiger partial charge in [0.25, 0.3) is 0 Å². The lowest BCUT2D eigenvalue weighted by molar-refractivity contribution is 0.315. The molecule has 2 nitrogen and oxygen atoms in total. The van der Waals surface area contributed by atoms with Gasteiger partial charge in [0.2, 0.25) is 0 Å². The first kappa shape index (κ1) is 13.9. The number of rotatable bonds is 7. The maximum Gasteiger partial charge on any atom is 0.122 e. The highest BCUT2D eigenvalue weighted by Gasteiger charge is 2.03. The number of hydrogen-bond donors (Lipinski definition) is 1. The second-order valence-corrected chi connectivity index (χ2v) is 5.39. The van der Waals surface area contributed by atoms with Crippen molar-refractivity contribution in [2.45, 2.75) is 12.8 Å². The highest BCUT2D eigenvalue weighted by molar-refractivity contribution is 9.10. The molecule has 0 radical (unpaired) electrons. The van der Waals surface area contributed by atoms with Crippen molar-refractivity contribution in [3.63, 3.8) is 0 Å². The van der Waals surface area contributed by atoms with E-state index >= 15 is 0 Å². The van der Waals surface area contributed by atoms with Crippen LogP contribution in [0.1, 0.15) is 12.0 Å². The molecule has 0 bridgehead atoms. The number of nitrogens with two attached hydrogens (primary N) is 1. The topological polar surface area (TPSA) is 35.2 Å². The molecule has 0 fully saturated rings. The summed E-state index contributed by atoms with van der Waals surface area (Å²) in [7, 11) is 0. The second kappa shape index (κ2) is 7.98. The molecule has 0 spiro atoms. The van der Waals surface area contributed by atoms with Crippen molar-refractivity contribution in [2.24, 2.45) is 5.73 Å². The second-order valence-electron chi connectivity index (χ2n) is 3.49. The summed E-state index contributed by atoms with van der Waals surface area (Å²) in [4.78, 5) is 0. The van der Waals surface area contributed by atoms with Crippen LogP contribution in [0.2, 0.25) is 0 Å². The zero-order valence-electron chi connectivity index (χ0n) is 9.54. The average molecular weight is 304 g/mol. The molecule has 1 rings (SSSR count). The van der Waals surface area contributed by atoms with Gasteiger partial charge in [-0.3, -0.25) is 0 Å². The minimum Gasteiger partial charge on any atom is -0.493 e. The summed E-state index contributed by atoms with van der Waals surface area (Å²) in [6, 6.07) is 6.09. The van der Waals surface area contributed by atoms with Gasteiger partial charge in [0.1, 0.15) is 5.75 Å². The predicted molar refractivity (Wildman–Crippen MR) is 75.4 cm³/mol. The predicted octanol–water partition coefficient (Wildman–Crippen LogP) is 3.08. The van der Waals surface area contributed by atoms with E-state index in [9.17, 15) is 0 Å². The first-order valence-electron chi connectivity index (χ1n) is 5.38. The fourth-order valence-corrected chi connectivity index (χ4v) is 2.24. The first-order chi connectivity index (χ1) is 7.77. The Morgan fingerprint density at radius 2 is 2.25 bits per heavy atom. The third-order valence-corrected chi connectivity index (χ3v) is 3.38. The molecule has 0 aromatic heterocycles. The zero-order chi connectivity index (χ0) is 11.8. The summed E-state index contributed by atoms with van der Waals surface area (Å²) in [5.41, 5.74) is 6.76. The van der Waals surface area contributed by atoms with Gasteiger partial charge < -0.3 is 10.5 Å². The quantitative estimate of drug-likeness (QED) is 0.786. The van der Waals surface area contributed by atoms with Gasteiger partial charge in [-0.15, -0.1) is 0 Å². The third-order valence-electron chi connectivity index (χ3n) is 2.19. The molecule has 0 aliphatic heterocycles. The summed E-state index contributed by atoms with van der Waals surface area (Å²) < 4.78 is 6.83. The largest absolute Gasteiger partial charge is 0.493 e. The Morgan fingerprint density at radius 3 is 2.94 bits per heavy atom. The first-order valence-corrected chi connectivity index (χ1v) is 7.57. The van der Waals surface area contributed by atoms with E-state index in [-0.39, 0.29) is 0 Å². The Morgan fingerprint density at radius 1 is 1.44 bits per heavy atom. The molecule has 90 valence electrons. The monoisotopic (exact) mass is 303 g/mol. The van der Waals surface area contributed by atoms with Gasteiger partial charge >= 0.3 is 0 Å². The molecule has 0 heterocycles. The van der Waals surface area contributed by atoms with Crippen molar-refractivity contribution in [2.75, 3.05) is 25.2 Å². The Balaban J connectivity index is 2.56. The van der Waals surface area contributed by atoms with Gasteiger partial charge in [0, 0.05) is 4.47 Å². The maximum absolute atomic E-state index is 5.76. The van der Waals surface area contributed by atoms with Crippen LogP contribution in [0.3, 0.4) is 0 Å². The van der Waals surface area contributed by atoms with Crippen LogP contribution in [0.15, 0.2) is 22.7 Å². The Kier molecular flexibility index (Phi) is 6.92. The normalized spacial score (nSPS) is 10.4. The van der Waals surface area contributed by atoms with Crippen molar-refractivity contribution in [3.8, 4) is 5.75 Å². The van der Waals surface area contributed by atoms with E-state index in [2.05, 4.69) is 28.3 Å². The summed E-state index contributed by atoms with van der Waals surface area (Å²) in [6.45, 7) is 1.43. The van der Waals surface area contributed by atoms with Gasteiger partial charge in [0.05, 0.1) is 6.61 Å². The van der Waals surface area contributed by atoms with Crippen LogP contribution in [0.4, 0.5) is 0 Å². The molecule has 0 aliphatic rings. The molecule has 1 aromatic carbocycles. The lowest BCUT2D eigenvalue weighted by Gasteiger charge is -2.11. The van der Waals surface area contributed by atoms with Crippen LogP contribution in [0, 0.1) is 0 Å². The van der Waals surface area contributed by atoms with E-state index in [1.54, 1.807) is 0 Å². The SMILES string of the molecule is CSCCCOc1ccc(Br)cc1CCN. The smallest absolute Gasteiger partial charge is 0.122 e. The molecule has 0 saturated carbocycles. The molecule has 2 N–H and O–H groups in total. The molecule has 0 amide bonds. The van der Waals surface area contributed by atoms with Gasteiger partial charge in [-0.2, -0.15) is 11.8 Å². The zero-order valence-corrected chi connectivity index (χ0v) is 11.9. The van der Waals surface area contributed by atoms with Gasteiger partial charge in [-0.1, -0.05) is 15.9 Å².